The second-order valence-corrected chi connectivity index (χ2v) is 7.52. The van der Waals surface area contributed by atoms with Crippen LogP contribution in [-0.4, -0.2) is 42.6 Å². The van der Waals surface area contributed by atoms with Gasteiger partial charge in [0.2, 0.25) is 0 Å². The average molecular weight is 354 g/mol. The number of carboxylic acids is 1. The predicted octanol–water partition coefficient (Wildman–Crippen LogP) is 1.64. The average Bonchev–Trinajstić information content (AvgIpc) is 3.18. The van der Waals surface area contributed by atoms with Crippen molar-refractivity contribution in [3.63, 3.8) is 0 Å². The first-order valence-corrected chi connectivity index (χ1v) is 9.24. The highest BCUT2D eigenvalue weighted by molar-refractivity contribution is 7.93. The van der Waals surface area contributed by atoms with E-state index in [0.29, 0.717) is 0 Å². The van der Waals surface area contributed by atoms with Gasteiger partial charge in [-0.25, -0.2) is 23.2 Å². The van der Waals surface area contributed by atoms with Crippen molar-refractivity contribution in [2.75, 3.05) is 22.7 Å². The molecule has 2 aromatic heterocycles. The number of aromatic carboxylic acids is 1. The summed E-state index contributed by atoms with van der Waals surface area (Å²) < 4.78 is 26.9. The zero-order valence-electron chi connectivity index (χ0n) is 12.0. The molecule has 1 aliphatic rings. The SMILES string of the molecule is O=C(O)c1ncsc1NS(=O)(=O)c1ccc(N2CCCC2)nc1. The van der Waals surface area contributed by atoms with Crippen LogP contribution in [0.1, 0.15) is 23.3 Å². The number of nitrogens with zero attached hydrogens (tertiary/aromatic N) is 3. The summed E-state index contributed by atoms with van der Waals surface area (Å²) in [7, 11) is -3.90. The van der Waals surface area contributed by atoms with Gasteiger partial charge in [0, 0.05) is 19.3 Å². The van der Waals surface area contributed by atoms with Crippen molar-refractivity contribution in [1.82, 2.24) is 9.97 Å². The Kier molecular flexibility index (Phi) is 4.18. The number of rotatable bonds is 5. The zero-order chi connectivity index (χ0) is 16.4. The van der Waals surface area contributed by atoms with Crippen molar-refractivity contribution < 1.29 is 18.3 Å². The van der Waals surface area contributed by atoms with Gasteiger partial charge in [-0.1, -0.05) is 0 Å². The van der Waals surface area contributed by atoms with Crippen molar-refractivity contribution >= 4 is 38.1 Å². The molecule has 1 saturated heterocycles. The Morgan fingerprint density at radius 3 is 2.61 bits per heavy atom. The maximum atomic E-state index is 12.3. The maximum Gasteiger partial charge on any atom is 0.357 e. The number of thiazole rings is 1. The van der Waals surface area contributed by atoms with Crippen LogP contribution < -0.4 is 9.62 Å². The summed E-state index contributed by atoms with van der Waals surface area (Å²) in [6.45, 7) is 1.83. The van der Waals surface area contributed by atoms with E-state index in [1.807, 2.05) is 0 Å². The van der Waals surface area contributed by atoms with Crippen LogP contribution in [-0.2, 0) is 10.0 Å². The lowest BCUT2D eigenvalue weighted by Gasteiger charge is -2.16. The van der Waals surface area contributed by atoms with Gasteiger partial charge in [-0.3, -0.25) is 4.72 Å². The highest BCUT2D eigenvalue weighted by Crippen LogP contribution is 2.25. The largest absolute Gasteiger partial charge is 0.476 e. The fourth-order valence-electron chi connectivity index (χ4n) is 2.32. The number of anilines is 2. The molecule has 1 aliphatic heterocycles. The quantitative estimate of drug-likeness (QED) is 0.839. The number of sulfonamides is 1. The number of aromatic nitrogens is 2. The first-order valence-electron chi connectivity index (χ1n) is 6.88. The molecular weight excluding hydrogens is 340 g/mol. The molecular formula is C13H14N4O4S2. The molecule has 0 saturated carbocycles. The fraction of sp³-hybridized carbons (Fsp3) is 0.308. The van der Waals surface area contributed by atoms with Crippen molar-refractivity contribution in [2.45, 2.75) is 17.7 Å². The Morgan fingerprint density at radius 2 is 2.00 bits per heavy atom. The van der Waals surface area contributed by atoms with Crippen LogP contribution in [0.4, 0.5) is 10.8 Å². The van der Waals surface area contributed by atoms with E-state index in [4.69, 9.17) is 5.11 Å². The van der Waals surface area contributed by atoms with Gasteiger partial charge in [0.1, 0.15) is 15.7 Å². The minimum atomic E-state index is -3.90. The summed E-state index contributed by atoms with van der Waals surface area (Å²) >= 11 is 0.912. The molecule has 0 radical (unpaired) electrons. The van der Waals surface area contributed by atoms with Gasteiger partial charge in [-0.15, -0.1) is 11.3 Å². The van der Waals surface area contributed by atoms with Crippen LogP contribution in [0.15, 0.2) is 28.7 Å². The summed E-state index contributed by atoms with van der Waals surface area (Å²) in [4.78, 5) is 20.9. The number of hydrogen-bond donors (Lipinski definition) is 2. The van der Waals surface area contributed by atoms with Gasteiger partial charge >= 0.3 is 5.97 Å². The second kappa shape index (κ2) is 6.13. The molecule has 0 aliphatic carbocycles. The lowest BCUT2D eigenvalue weighted by molar-refractivity contribution is 0.0692. The minimum absolute atomic E-state index is 0.0230. The van der Waals surface area contributed by atoms with Crippen molar-refractivity contribution in [2.24, 2.45) is 0 Å². The van der Waals surface area contributed by atoms with Crippen LogP contribution in [0.25, 0.3) is 0 Å². The van der Waals surface area contributed by atoms with E-state index >= 15 is 0 Å². The highest BCUT2D eigenvalue weighted by Gasteiger charge is 2.22. The third kappa shape index (κ3) is 3.27. The van der Waals surface area contributed by atoms with Crippen LogP contribution in [0.2, 0.25) is 0 Å². The lowest BCUT2D eigenvalue weighted by Crippen LogP contribution is -2.19. The Bertz CT molecular complexity index is 811. The third-order valence-electron chi connectivity index (χ3n) is 3.46. The molecule has 3 rings (SSSR count). The van der Waals surface area contributed by atoms with Crippen molar-refractivity contribution in [3.8, 4) is 0 Å². The summed E-state index contributed by atoms with van der Waals surface area (Å²) in [6.07, 6.45) is 3.48. The van der Waals surface area contributed by atoms with Crippen molar-refractivity contribution in [1.29, 1.82) is 0 Å². The smallest absolute Gasteiger partial charge is 0.357 e. The van der Waals surface area contributed by atoms with Crippen LogP contribution in [0, 0.1) is 0 Å². The first kappa shape index (κ1) is 15.7. The molecule has 10 heteroatoms. The number of nitrogens with one attached hydrogen (secondary N) is 1. The van der Waals surface area contributed by atoms with E-state index in [1.165, 1.54) is 17.8 Å². The van der Waals surface area contributed by atoms with Gasteiger partial charge in [0.25, 0.3) is 10.0 Å². The molecule has 2 N–H and O–H groups in total. The van der Waals surface area contributed by atoms with Gasteiger partial charge in [0.15, 0.2) is 5.69 Å². The molecule has 3 heterocycles. The topological polar surface area (TPSA) is 112 Å². The number of pyridine rings is 1. The van der Waals surface area contributed by atoms with Gasteiger partial charge in [-0.2, -0.15) is 0 Å². The molecule has 122 valence electrons. The molecule has 0 bridgehead atoms. The van der Waals surface area contributed by atoms with Crippen LogP contribution >= 0.6 is 11.3 Å². The van der Waals surface area contributed by atoms with Gasteiger partial charge in [-0.05, 0) is 25.0 Å². The van der Waals surface area contributed by atoms with E-state index in [0.717, 1.165) is 43.1 Å². The van der Waals surface area contributed by atoms with Gasteiger partial charge in [0.05, 0.1) is 5.51 Å². The molecule has 1 fully saturated rings. The number of carbonyl (C=O) groups is 1. The van der Waals surface area contributed by atoms with Crippen LogP contribution in [0.3, 0.4) is 0 Å². The number of hydrogen-bond acceptors (Lipinski definition) is 7. The highest BCUT2D eigenvalue weighted by atomic mass is 32.2. The Labute approximate surface area is 136 Å². The summed E-state index contributed by atoms with van der Waals surface area (Å²) in [5.41, 5.74) is 0.955. The normalized spacial score (nSPS) is 14.9. The fourth-order valence-corrected chi connectivity index (χ4v) is 4.25. The van der Waals surface area contributed by atoms with E-state index in [-0.39, 0.29) is 15.6 Å². The number of carboxylic acid groups (broad SMARTS) is 1. The van der Waals surface area contributed by atoms with E-state index < -0.39 is 16.0 Å². The third-order valence-corrected chi connectivity index (χ3v) is 5.66. The molecule has 0 spiro atoms. The van der Waals surface area contributed by atoms with E-state index in [9.17, 15) is 13.2 Å². The predicted molar refractivity (Wildman–Crippen MR) is 85.6 cm³/mol. The second-order valence-electron chi connectivity index (χ2n) is 4.99. The van der Waals surface area contributed by atoms with E-state index in [1.54, 1.807) is 6.07 Å². The Balaban J connectivity index is 1.82. The lowest BCUT2D eigenvalue weighted by atomic mass is 10.4. The Morgan fingerprint density at radius 1 is 1.26 bits per heavy atom. The molecule has 2 aromatic rings. The summed E-state index contributed by atoms with van der Waals surface area (Å²) in [6, 6.07) is 3.12. The molecule has 0 amide bonds. The molecule has 0 atom stereocenters. The summed E-state index contributed by atoms with van der Waals surface area (Å²) in [5.74, 6) is -0.545. The minimum Gasteiger partial charge on any atom is -0.476 e. The molecule has 8 nitrogen and oxygen atoms in total. The summed E-state index contributed by atoms with van der Waals surface area (Å²) in [5, 5.41) is 8.94. The maximum absolute atomic E-state index is 12.3. The first-order chi connectivity index (χ1) is 11.0. The molecule has 23 heavy (non-hydrogen) atoms. The monoisotopic (exact) mass is 354 g/mol. The molecule has 0 aromatic carbocycles. The Hall–Kier alpha value is -2.20. The van der Waals surface area contributed by atoms with Crippen LogP contribution in [0.5, 0.6) is 0 Å². The van der Waals surface area contributed by atoms with Crippen molar-refractivity contribution in [3.05, 3.63) is 29.5 Å². The standard InChI is InChI=1S/C13H14N4O4S2/c18-13(19)11-12(22-8-15-11)16-23(20,21)9-3-4-10(14-7-9)17-5-1-2-6-17/h3-4,7-8,16H,1-2,5-6H2,(H,18,19). The zero-order valence-corrected chi connectivity index (χ0v) is 13.6. The molecule has 0 unspecified atom stereocenters. The van der Waals surface area contributed by atoms with Gasteiger partial charge < -0.3 is 10.0 Å². The van der Waals surface area contributed by atoms with E-state index in [2.05, 4.69) is 19.6 Å².